The molecule has 3 heterocycles. The van der Waals surface area contributed by atoms with Crippen molar-refractivity contribution in [3.05, 3.63) is 51.9 Å². The third-order valence-corrected chi connectivity index (χ3v) is 6.27. The van der Waals surface area contributed by atoms with Gasteiger partial charge in [-0.2, -0.15) is 0 Å². The summed E-state index contributed by atoms with van der Waals surface area (Å²) in [6.07, 6.45) is 6.48. The van der Waals surface area contributed by atoms with Crippen LogP contribution in [0.25, 0.3) is 17.0 Å². The molecule has 5 nitrogen and oxygen atoms in total. The Morgan fingerprint density at radius 2 is 1.80 bits per heavy atom. The van der Waals surface area contributed by atoms with Gasteiger partial charge in [-0.25, -0.2) is 4.98 Å². The minimum absolute atomic E-state index is 0.0228. The van der Waals surface area contributed by atoms with Gasteiger partial charge < -0.3 is 4.90 Å². The van der Waals surface area contributed by atoms with E-state index in [2.05, 4.69) is 30.2 Å². The first-order valence-electron chi connectivity index (χ1n) is 11.1. The zero-order valence-corrected chi connectivity index (χ0v) is 18.9. The van der Waals surface area contributed by atoms with Crippen molar-refractivity contribution in [2.24, 2.45) is 11.8 Å². The molecule has 1 fully saturated rings. The van der Waals surface area contributed by atoms with Crippen LogP contribution in [0.4, 0.5) is 5.82 Å². The smallest absolute Gasteiger partial charge is 0.261 e. The summed E-state index contributed by atoms with van der Waals surface area (Å²) >= 11 is 6.04. The molecule has 1 saturated heterocycles. The molecule has 4 rings (SSSR count). The highest BCUT2D eigenvalue weighted by Crippen LogP contribution is 2.28. The van der Waals surface area contributed by atoms with Gasteiger partial charge in [-0.3, -0.25) is 13.8 Å². The average molecular weight is 427 g/mol. The van der Waals surface area contributed by atoms with E-state index in [4.69, 9.17) is 16.6 Å². The lowest BCUT2D eigenvalue weighted by Gasteiger charge is -2.37. The number of rotatable bonds is 6. The Hall–Kier alpha value is -2.27. The van der Waals surface area contributed by atoms with Crippen molar-refractivity contribution in [2.75, 3.05) is 18.0 Å². The molecule has 0 N–H and O–H groups in total. The molecular formula is C24H31ClN4O. The molecule has 2 unspecified atom stereocenters. The van der Waals surface area contributed by atoms with Gasteiger partial charge in [-0.05, 0) is 36.8 Å². The number of fused-ring (bicyclic) bond motifs is 1. The van der Waals surface area contributed by atoms with Gasteiger partial charge in [0.25, 0.3) is 5.56 Å². The first-order valence-corrected chi connectivity index (χ1v) is 11.5. The zero-order chi connectivity index (χ0) is 21.3. The van der Waals surface area contributed by atoms with Crippen molar-refractivity contribution in [2.45, 2.75) is 53.0 Å². The number of hydrogen-bond acceptors (Lipinski definition) is 3. The van der Waals surface area contributed by atoms with Gasteiger partial charge in [0.2, 0.25) is 5.78 Å². The lowest BCUT2D eigenvalue weighted by atomic mass is 9.92. The van der Waals surface area contributed by atoms with E-state index in [-0.39, 0.29) is 5.56 Å². The Labute approximate surface area is 183 Å². The van der Waals surface area contributed by atoms with Crippen LogP contribution in [0.3, 0.4) is 0 Å². The molecule has 1 aliphatic heterocycles. The lowest BCUT2D eigenvalue weighted by Crippen LogP contribution is -2.41. The molecule has 2 aromatic heterocycles. The number of aryl methyl sites for hydroxylation is 1. The summed E-state index contributed by atoms with van der Waals surface area (Å²) in [6.45, 7) is 9.65. The number of anilines is 1. The fraction of sp³-hybridized carbons (Fsp3) is 0.500. The van der Waals surface area contributed by atoms with E-state index in [0.717, 1.165) is 61.7 Å². The second-order valence-electron chi connectivity index (χ2n) is 8.85. The Kier molecular flexibility index (Phi) is 6.19. The van der Waals surface area contributed by atoms with Gasteiger partial charge >= 0.3 is 0 Å². The van der Waals surface area contributed by atoms with E-state index < -0.39 is 0 Å². The van der Waals surface area contributed by atoms with Gasteiger partial charge in [-0.1, -0.05) is 57.3 Å². The van der Waals surface area contributed by atoms with Crippen molar-refractivity contribution in [1.29, 1.82) is 0 Å². The molecule has 1 aliphatic rings. The second-order valence-corrected chi connectivity index (χ2v) is 9.29. The highest BCUT2D eigenvalue weighted by atomic mass is 35.5. The molecule has 160 valence electrons. The summed E-state index contributed by atoms with van der Waals surface area (Å²) in [6, 6.07) is 9.42. The van der Waals surface area contributed by atoms with E-state index >= 15 is 0 Å². The van der Waals surface area contributed by atoms with Crippen molar-refractivity contribution < 1.29 is 0 Å². The summed E-state index contributed by atoms with van der Waals surface area (Å²) in [5.41, 5.74) is 1.74. The summed E-state index contributed by atoms with van der Waals surface area (Å²) in [5, 5.41) is 0.692. The molecule has 0 bridgehead atoms. The number of aromatic nitrogens is 3. The number of piperidine rings is 1. The van der Waals surface area contributed by atoms with Gasteiger partial charge in [0.15, 0.2) is 0 Å². The molecule has 0 saturated carbocycles. The normalized spacial score (nSPS) is 19.5. The number of hydrogen-bond donors (Lipinski definition) is 0. The lowest BCUT2D eigenvalue weighted by molar-refractivity contribution is 0.352. The highest BCUT2D eigenvalue weighted by molar-refractivity contribution is 6.30. The maximum atomic E-state index is 13.0. The van der Waals surface area contributed by atoms with Crippen LogP contribution in [0.5, 0.6) is 0 Å². The number of nitrogens with zero attached hydrogens (tertiary/aromatic N) is 4. The molecule has 1 aromatic carbocycles. The molecule has 2 atom stereocenters. The van der Waals surface area contributed by atoms with E-state index in [9.17, 15) is 4.79 Å². The highest BCUT2D eigenvalue weighted by Gasteiger charge is 2.25. The number of benzene rings is 1. The Balaban J connectivity index is 1.83. The molecule has 6 heteroatoms. The van der Waals surface area contributed by atoms with Crippen LogP contribution in [-0.2, 0) is 6.54 Å². The predicted molar refractivity (Wildman–Crippen MR) is 125 cm³/mol. The van der Waals surface area contributed by atoms with Crippen LogP contribution in [0.2, 0.25) is 5.02 Å². The van der Waals surface area contributed by atoms with E-state index in [1.807, 2.05) is 30.5 Å². The van der Waals surface area contributed by atoms with E-state index in [1.165, 1.54) is 6.42 Å². The number of unbranched alkanes of at least 4 members (excludes halogenated alkanes) is 2. The molecule has 0 radical (unpaired) electrons. The zero-order valence-electron chi connectivity index (χ0n) is 18.1. The predicted octanol–water partition coefficient (Wildman–Crippen LogP) is 5.49. The first-order chi connectivity index (χ1) is 14.5. The fourth-order valence-electron chi connectivity index (χ4n) is 4.69. The third-order valence-electron chi connectivity index (χ3n) is 6.01. The maximum Gasteiger partial charge on any atom is 0.261 e. The van der Waals surface area contributed by atoms with E-state index in [1.54, 1.807) is 10.5 Å². The summed E-state index contributed by atoms with van der Waals surface area (Å²) < 4.78 is 3.94. The van der Waals surface area contributed by atoms with Crippen molar-refractivity contribution in [3.8, 4) is 11.3 Å². The van der Waals surface area contributed by atoms with Crippen LogP contribution in [-0.4, -0.2) is 27.0 Å². The Bertz CT molecular complexity index is 1060. The van der Waals surface area contributed by atoms with Crippen molar-refractivity contribution in [3.63, 3.8) is 0 Å². The van der Waals surface area contributed by atoms with E-state index in [0.29, 0.717) is 16.9 Å². The number of halogens is 1. The number of imidazole rings is 1. The summed E-state index contributed by atoms with van der Waals surface area (Å²) in [7, 11) is 0. The molecule has 3 aromatic rings. The van der Waals surface area contributed by atoms with Gasteiger partial charge in [-0.15, -0.1) is 0 Å². The fourth-order valence-corrected chi connectivity index (χ4v) is 4.82. The quantitative estimate of drug-likeness (QED) is 0.489. The van der Waals surface area contributed by atoms with Crippen molar-refractivity contribution in [1.82, 2.24) is 14.0 Å². The average Bonchev–Trinajstić information content (AvgIpc) is 3.15. The largest absolute Gasteiger partial charge is 0.357 e. The van der Waals surface area contributed by atoms with Crippen LogP contribution >= 0.6 is 11.6 Å². The van der Waals surface area contributed by atoms with Gasteiger partial charge in [0.1, 0.15) is 5.82 Å². The summed E-state index contributed by atoms with van der Waals surface area (Å²) in [5.74, 6) is 2.97. The molecule has 0 spiro atoms. The first kappa shape index (κ1) is 21.0. The molecular weight excluding hydrogens is 396 g/mol. The monoisotopic (exact) mass is 426 g/mol. The second kappa shape index (κ2) is 8.84. The minimum atomic E-state index is -0.0228. The molecule has 30 heavy (non-hydrogen) atoms. The van der Waals surface area contributed by atoms with Crippen LogP contribution in [0, 0.1) is 11.8 Å². The van der Waals surface area contributed by atoms with Crippen LogP contribution < -0.4 is 10.5 Å². The maximum absolute atomic E-state index is 13.0. The molecule has 0 amide bonds. The summed E-state index contributed by atoms with van der Waals surface area (Å²) in [4.78, 5) is 20.3. The SMILES string of the molecule is CCCCCn1c(N2CC(C)CC(C)C2)cc(=O)n2cc(-c3ccc(Cl)cc3)nc12. The van der Waals surface area contributed by atoms with Gasteiger partial charge in [0, 0.05) is 42.5 Å². The Morgan fingerprint density at radius 1 is 1.10 bits per heavy atom. The molecule has 0 aliphatic carbocycles. The van der Waals surface area contributed by atoms with Gasteiger partial charge in [0.05, 0.1) is 5.69 Å². The Morgan fingerprint density at radius 3 is 2.47 bits per heavy atom. The standard InChI is InChI=1S/C24H31ClN4O/c1-4-5-6-11-28-22(27-14-17(2)12-18(3)15-27)13-23(30)29-16-21(26-24(28)29)19-7-9-20(25)10-8-19/h7-10,13,16-18H,4-6,11-12,14-15H2,1-3H3. The van der Waals surface area contributed by atoms with Crippen molar-refractivity contribution >= 4 is 23.2 Å². The minimum Gasteiger partial charge on any atom is -0.357 e. The van der Waals surface area contributed by atoms with Crippen LogP contribution in [0.15, 0.2) is 41.3 Å². The third kappa shape index (κ3) is 4.27. The van der Waals surface area contributed by atoms with Crippen LogP contribution in [0.1, 0.15) is 46.5 Å². The topological polar surface area (TPSA) is 42.5 Å².